The van der Waals surface area contributed by atoms with Crippen molar-refractivity contribution < 1.29 is 26.5 Å². The number of furan rings is 1. The number of alkyl halides is 3. The largest absolute Gasteiger partial charge is 0.624 e. The van der Waals surface area contributed by atoms with Crippen molar-refractivity contribution in [1.82, 2.24) is 0 Å². The number of hydrogen-bond donors (Lipinski definition) is 0. The quantitative estimate of drug-likeness (QED) is 0.216. The topological polar surface area (TPSA) is 48.4 Å². The Morgan fingerprint density at radius 2 is 1.77 bits per heavy atom. The minimum Gasteiger partial charge on any atom is -0.624 e. The molecule has 0 aliphatic heterocycles. The zero-order valence-corrected chi connectivity index (χ0v) is 14.7. The van der Waals surface area contributed by atoms with Crippen LogP contribution in [0.4, 0.5) is 13.2 Å². The summed E-state index contributed by atoms with van der Waals surface area (Å²) < 4.78 is 46.5. The number of rotatable bonds is 5. The zero-order valence-electron chi connectivity index (χ0n) is 13.9. The fourth-order valence-corrected chi connectivity index (χ4v) is 3.35. The molecule has 0 bridgehead atoms. The fourth-order valence-electron chi connectivity index (χ4n) is 2.91. The highest BCUT2D eigenvalue weighted by atomic mass is 32.2. The molecular weight excluding hydrogens is 367 g/mol. The predicted octanol–water partition coefficient (Wildman–Crippen LogP) is 5.75. The fraction of sp³-hybridized carbons (Fsp3) is 0.389. The summed E-state index contributed by atoms with van der Waals surface area (Å²) in [4.78, 5) is 0.326. The molecule has 0 amide bonds. The lowest BCUT2D eigenvalue weighted by Crippen LogP contribution is -2.25. The van der Waals surface area contributed by atoms with Gasteiger partial charge in [0.2, 0.25) is 6.21 Å². The Bertz CT molecular complexity index is 750. The molecule has 1 aromatic heterocycles. The van der Waals surface area contributed by atoms with E-state index in [-0.39, 0.29) is 18.1 Å². The first kappa shape index (κ1) is 18.8. The van der Waals surface area contributed by atoms with Gasteiger partial charge in [-0.2, -0.15) is 0 Å². The molecule has 1 aromatic carbocycles. The number of halogens is 3. The van der Waals surface area contributed by atoms with Gasteiger partial charge in [-0.3, -0.25) is 0 Å². The Kier molecular flexibility index (Phi) is 5.93. The predicted molar refractivity (Wildman–Crippen MR) is 92.8 cm³/mol. The number of hydrogen-bond acceptors (Lipinski definition) is 4. The summed E-state index contributed by atoms with van der Waals surface area (Å²) in [6.07, 6.45) is 1.89. The van der Waals surface area contributed by atoms with E-state index < -0.39 is 6.36 Å². The van der Waals surface area contributed by atoms with Gasteiger partial charge in [-0.25, -0.2) is 8.92 Å². The molecule has 1 heterocycles. The molecule has 2 aromatic rings. The molecule has 1 fully saturated rings. The smallest absolute Gasteiger partial charge is 0.533 e. The van der Waals surface area contributed by atoms with Gasteiger partial charge in [-0.15, -0.1) is 13.2 Å². The summed E-state index contributed by atoms with van der Waals surface area (Å²) in [6.45, 7) is 0. The van der Waals surface area contributed by atoms with Gasteiger partial charge in [0.15, 0.2) is 11.8 Å². The molecular formula is C18H18F3NO3S. The van der Waals surface area contributed by atoms with Crippen molar-refractivity contribution >= 4 is 18.3 Å². The molecule has 4 nitrogen and oxygen atoms in total. The summed E-state index contributed by atoms with van der Waals surface area (Å²) in [7, 11) is 0. The zero-order chi connectivity index (χ0) is 18.6. The number of benzene rings is 1. The van der Waals surface area contributed by atoms with E-state index in [1.807, 2.05) is 0 Å². The van der Waals surface area contributed by atoms with Crippen LogP contribution >= 0.6 is 12.0 Å². The van der Waals surface area contributed by atoms with Gasteiger partial charge in [-0.05, 0) is 37.1 Å². The van der Waals surface area contributed by atoms with E-state index in [0.717, 1.165) is 30.4 Å². The van der Waals surface area contributed by atoms with Crippen molar-refractivity contribution in [3.63, 3.8) is 0 Å². The van der Waals surface area contributed by atoms with Gasteiger partial charge in [0.1, 0.15) is 5.76 Å². The number of hydroxylamine groups is 1. The summed E-state index contributed by atoms with van der Waals surface area (Å²) in [5.74, 6) is 1.00. The lowest BCUT2D eigenvalue weighted by Gasteiger charge is -2.20. The first-order chi connectivity index (χ1) is 12.4. The molecule has 1 aliphatic carbocycles. The highest BCUT2D eigenvalue weighted by Gasteiger charge is 2.30. The molecule has 8 heteroatoms. The van der Waals surface area contributed by atoms with Crippen molar-refractivity contribution in [2.45, 2.75) is 49.4 Å². The molecule has 140 valence electrons. The van der Waals surface area contributed by atoms with Gasteiger partial charge in [0.25, 0.3) is 0 Å². The first-order valence-corrected chi connectivity index (χ1v) is 9.08. The Morgan fingerprint density at radius 3 is 2.42 bits per heavy atom. The molecule has 0 N–H and O–H groups in total. The van der Waals surface area contributed by atoms with Crippen molar-refractivity contribution in [2.24, 2.45) is 0 Å². The molecule has 3 rings (SSSR count). The second kappa shape index (κ2) is 8.18. The van der Waals surface area contributed by atoms with Gasteiger partial charge < -0.3 is 9.62 Å². The van der Waals surface area contributed by atoms with E-state index >= 15 is 0 Å². The Balaban J connectivity index is 1.65. The van der Waals surface area contributed by atoms with Gasteiger partial charge in [0, 0.05) is 35.3 Å². The van der Waals surface area contributed by atoms with Crippen LogP contribution in [0.3, 0.4) is 0 Å². The summed E-state index contributed by atoms with van der Waals surface area (Å²) in [5, 5.41) is 12.2. The lowest BCUT2D eigenvalue weighted by molar-refractivity contribution is -0.501. The Labute approximate surface area is 153 Å². The van der Waals surface area contributed by atoms with Gasteiger partial charge >= 0.3 is 6.36 Å². The lowest BCUT2D eigenvalue weighted by atomic mass is 9.96. The Morgan fingerprint density at radius 1 is 1.08 bits per heavy atom. The average Bonchev–Trinajstić information content (AvgIpc) is 3.09. The third-order valence-electron chi connectivity index (χ3n) is 4.19. The molecule has 1 saturated carbocycles. The molecule has 0 saturated heterocycles. The first-order valence-electron chi connectivity index (χ1n) is 8.34. The highest BCUT2D eigenvalue weighted by molar-refractivity contribution is 7.94. The summed E-state index contributed by atoms with van der Waals surface area (Å²) in [5.41, 5.74) is 0.705. The third-order valence-corrected chi connectivity index (χ3v) is 4.92. The van der Waals surface area contributed by atoms with Gasteiger partial charge in [0.05, 0.1) is 0 Å². The third kappa shape index (κ3) is 5.28. The molecule has 1 aliphatic rings. The van der Waals surface area contributed by atoms with Crippen LogP contribution in [-0.2, 0) is 4.18 Å². The maximum atomic E-state index is 12.2. The van der Waals surface area contributed by atoms with Crippen LogP contribution in [0.15, 0.2) is 45.7 Å². The van der Waals surface area contributed by atoms with Crippen molar-refractivity contribution in [3.8, 4) is 11.3 Å². The maximum absolute atomic E-state index is 12.2. The van der Waals surface area contributed by atoms with Crippen LogP contribution in [0, 0.1) is 5.21 Å². The van der Waals surface area contributed by atoms with E-state index in [9.17, 15) is 18.4 Å². The van der Waals surface area contributed by atoms with Crippen LogP contribution in [0.25, 0.3) is 11.3 Å². The highest BCUT2D eigenvalue weighted by Crippen LogP contribution is 2.31. The maximum Gasteiger partial charge on any atom is 0.533 e. The minimum absolute atomic E-state index is 0.00207. The van der Waals surface area contributed by atoms with Crippen molar-refractivity contribution in [3.05, 3.63) is 47.4 Å². The summed E-state index contributed by atoms with van der Waals surface area (Å²) >= 11 is 0.251. The van der Waals surface area contributed by atoms with Crippen molar-refractivity contribution in [2.75, 3.05) is 0 Å². The monoisotopic (exact) mass is 385 g/mol. The SMILES string of the molecule is [O-][N+](=Cc1ccc(-c2ccc(SOC(F)(F)F)cc2)o1)C1CCCCC1. The van der Waals surface area contributed by atoms with Crippen LogP contribution < -0.4 is 0 Å². The van der Waals surface area contributed by atoms with Crippen LogP contribution in [-0.4, -0.2) is 23.4 Å². The normalized spacial score (nSPS) is 16.8. The van der Waals surface area contributed by atoms with E-state index in [1.54, 1.807) is 24.3 Å². The minimum atomic E-state index is -4.68. The van der Waals surface area contributed by atoms with Crippen LogP contribution in [0.2, 0.25) is 0 Å². The van der Waals surface area contributed by atoms with E-state index in [1.165, 1.54) is 24.8 Å². The van der Waals surface area contributed by atoms with Gasteiger partial charge in [-0.1, -0.05) is 18.6 Å². The molecule has 0 spiro atoms. The summed E-state index contributed by atoms with van der Waals surface area (Å²) in [6, 6.07) is 9.75. The van der Waals surface area contributed by atoms with E-state index in [2.05, 4.69) is 4.18 Å². The average molecular weight is 385 g/mol. The molecule has 0 unspecified atom stereocenters. The molecule has 26 heavy (non-hydrogen) atoms. The van der Waals surface area contributed by atoms with Crippen LogP contribution in [0.5, 0.6) is 0 Å². The standard InChI is InChI=1S/C18H18F3NO3S/c19-18(20,21)25-26-16-9-6-13(7-10-16)17-11-8-15(24-17)12-22(23)14-4-2-1-3-5-14/h6-12,14H,1-5H2. The van der Waals surface area contributed by atoms with Crippen molar-refractivity contribution in [1.29, 1.82) is 0 Å². The second-order valence-electron chi connectivity index (χ2n) is 6.12. The van der Waals surface area contributed by atoms with E-state index in [0.29, 0.717) is 22.0 Å². The van der Waals surface area contributed by atoms with Crippen LogP contribution in [0.1, 0.15) is 37.9 Å². The molecule has 0 radical (unpaired) electrons. The molecule has 0 atom stereocenters. The Hall–Kier alpha value is -1.93. The van der Waals surface area contributed by atoms with E-state index in [4.69, 9.17) is 4.42 Å². The second-order valence-corrected chi connectivity index (χ2v) is 6.92. The number of nitrogens with zero attached hydrogens (tertiary/aromatic N) is 1.